The SMILES string of the molecule is CNC(C)c1ccc(OCc2cccc(F)c2Br)c(C)c1. The number of halogens is 2. The van der Waals surface area contributed by atoms with Gasteiger partial charge in [0, 0.05) is 11.6 Å². The Labute approximate surface area is 133 Å². The van der Waals surface area contributed by atoms with Crippen LogP contribution in [0.2, 0.25) is 0 Å². The van der Waals surface area contributed by atoms with Crippen LogP contribution in [-0.4, -0.2) is 7.05 Å². The molecule has 0 aliphatic heterocycles. The van der Waals surface area contributed by atoms with Gasteiger partial charge in [-0.05, 0) is 60.1 Å². The van der Waals surface area contributed by atoms with Gasteiger partial charge in [-0.2, -0.15) is 0 Å². The van der Waals surface area contributed by atoms with Crippen molar-refractivity contribution in [3.05, 3.63) is 63.4 Å². The van der Waals surface area contributed by atoms with Crippen molar-refractivity contribution < 1.29 is 9.13 Å². The summed E-state index contributed by atoms with van der Waals surface area (Å²) in [5.41, 5.74) is 3.08. The van der Waals surface area contributed by atoms with Gasteiger partial charge in [0.05, 0.1) is 4.47 Å². The van der Waals surface area contributed by atoms with Crippen LogP contribution in [0.15, 0.2) is 40.9 Å². The predicted molar refractivity (Wildman–Crippen MR) is 87.1 cm³/mol. The van der Waals surface area contributed by atoms with Gasteiger partial charge in [-0.1, -0.05) is 24.3 Å². The molecule has 0 aliphatic carbocycles. The lowest BCUT2D eigenvalue weighted by molar-refractivity contribution is 0.302. The van der Waals surface area contributed by atoms with E-state index in [9.17, 15) is 4.39 Å². The number of benzene rings is 2. The Morgan fingerprint density at radius 2 is 2.05 bits per heavy atom. The topological polar surface area (TPSA) is 21.3 Å². The fourth-order valence-corrected chi connectivity index (χ4v) is 2.46. The molecule has 21 heavy (non-hydrogen) atoms. The van der Waals surface area contributed by atoms with Crippen molar-refractivity contribution in [3.63, 3.8) is 0 Å². The van der Waals surface area contributed by atoms with Crippen LogP contribution in [0.5, 0.6) is 5.75 Å². The monoisotopic (exact) mass is 351 g/mol. The van der Waals surface area contributed by atoms with Crippen molar-refractivity contribution in [2.24, 2.45) is 0 Å². The third-order valence-electron chi connectivity index (χ3n) is 3.55. The average molecular weight is 352 g/mol. The molecule has 0 fully saturated rings. The maximum atomic E-state index is 13.5. The Morgan fingerprint density at radius 1 is 1.29 bits per heavy atom. The first-order valence-electron chi connectivity index (χ1n) is 6.86. The molecular weight excluding hydrogens is 333 g/mol. The highest BCUT2D eigenvalue weighted by molar-refractivity contribution is 9.10. The highest BCUT2D eigenvalue weighted by Gasteiger charge is 2.09. The molecule has 1 N–H and O–H groups in total. The van der Waals surface area contributed by atoms with Crippen LogP contribution in [0, 0.1) is 12.7 Å². The lowest BCUT2D eigenvalue weighted by Gasteiger charge is -2.15. The van der Waals surface area contributed by atoms with E-state index in [1.54, 1.807) is 6.07 Å². The van der Waals surface area contributed by atoms with Crippen LogP contribution < -0.4 is 10.1 Å². The standard InChI is InChI=1S/C17H19BrFNO/c1-11-9-13(12(2)20-3)7-8-16(11)21-10-14-5-4-6-15(19)17(14)18/h4-9,12,20H,10H2,1-3H3. The van der Waals surface area contributed by atoms with Crippen molar-refractivity contribution in [2.75, 3.05) is 7.05 Å². The van der Waals surface area contributed by atoms with Crippen LogP contribution in [0.25, 0.3) is 0 Å². The van der Waals surface area contributed by atoms with Crippen LogP contribution >= 0.6 is 15.9 Å². The Kier molecular flexibility index (Phi) is 5.37. The van der Waals surface area contributed by atoms with Gasteiger partial charge in [0.15, 0.2) is 0 Å². The summed E-state index contributed by atoms with van der Waals surface area (Å²) in [5.74, 6) is 0.546. The quantitative estimate of drug-likeness (QED) is 0.838. The predicted octanol–water partition coefficient (Wildman–Crippen LogP) is 4.76. The highest BCUT2D eigenvalue weighted by atomic mass is 79.9. The Hall–Kier alpha value is -1.39. The molecule has 2 nitrogen and oxygen atoms in total. The summed E-state index contributed by atoms with van der Waals surface area (Å²) in [5, 5.41) is 3.21. The maximum absolute atomic E-state index is 13.5. The molecule has 0 aromatic heterocycles. The molecule has 1 atom stereocenters. The molecule has 4 heteroatoms. The Morgan fingerprint density at radius 3 is 2.71 bits per heavy atom. The third-order valence-corrected chi connectivity index (χ3v) is 4.43. The van der Waals surface area contributed by atoms with Gasteiger partial charge in [-0.3, -0.25) is 0 Å². The molecule has 2 aromatic carbocycles. The van der Waals surface area contributed by atoms with E-state index in [1.807, 2.05) is 32.2 Å². The summed E-state index contributed by atoms with van der Waals surface area (Å²) in [6.07, 6.45) is 0. The summed E-state index contributed by atoms with van der Waals surface area (Å²) in [6.45, 7) is 4.46. The molecule has 0 aliphatic rings. The summed E-state index contributed by atoms with van der Waals surface area (Å²) >= 11 is 3.25. The molecule has 2 rings (SSSR count). The highest BCUT2D eigenvalue weighted by Crippen LogP contribution is 2.26. The zero-order valence-electron chi connectivity index (χ0n) is 12.4. The van der Waals surface area contributed by atoms with E-state index in [4.69, 9.17) is 4.74 Å². The first-order valence-corrected chi connectivity index (χ1v) is 7.65. The van der Waals surface area contributed by atoms with Crippen molar-refractivity contribution in [3.8, 4) is 5.75 Å². The summed E-state index contributed by atoms with van der Waals surface area (Å²) in [6, 6.07) is 11.4. The van der Waals surface area contributed by atoms with Gasteiger partial charge in [0.25, 0.3) is 0 Å². The largest absolute Gasteiger partial charge is 0.489 e. The minimum absolute atomic E-state index is 0.272. The van der Waals surface area contributed by atoms with Gasteiger partial charge in [-0.15, -0.1) is 0 Å². The number of nitrogens with one attached hydrogen (secondary N) is 1. The molecule has 0 amide bonds. The van der Waals surface area contributed by atoms with E-state index < -0.39 is 0 Å². The number of aryl methyl sites for hydroxylation is 1. The fraction of sp³-hybridized carbons (Fsp3) is 0.294. The van der Waals surface area contributed by atoms with E-state index in [2.05, 4.69) is 34.2 Å². The van der Waals surface area contributed by atoms with E-state index >= 15 is 0 Å². The van der Waals surface area contributed by atoms with Gasteiger partial charge in [-0.25, -0.2) is 4.39 Å². The lowest BCUT2D eigenvalue weighted by Crippen LogP contribution is -2.12. The molecule has 0 spiro atoms. The first kappa shape index (κ1) is 16.0. The Bertz CT molecular complexity index is 630. The summed E-state index contributed by atoms with van der Waals surface area (Å²) in [7, 11) is 1.94. The van der Waals surface area contributed by atoms with Gasteiger partial charge < -0.3 is 10.1 Å². The molecular formula is C17H19BrFNO. The molecule has 1 unspecified atom stereocenters. The molecule has 0 saturated heterocycles. The van der Waals surface area contributed by atoms with Gasteiger partial charge >= 0.3 is 0 Å². The van der Waals surface area contributed by atoms with Crippen LogP contribution in [0.4, 0.5) is 4.39 Å². The molecule has 0 saturated carbocycles. The van der Waals surface area contributed by atoms with Crippen LogP contribution in [-0.2, 0) is 6.61 Å². The van der Waals surface area contributed by atoms with E-state index in [0.29, 0.717) is 17.1 Å². The second-order valence-electron chi connectivity index (χ2n) is 5.04. The lowest BCUT2D eigenvalue weighted by atomic mass is 10.1. The molecule has 112 valence electrons. The molecule has 0 heterocycles. The van der Waals surface area contributed by atoms with Crippen LogP contribution in [0.1, 0.15) is 29.7 Å². The first-order chi connectivity index (χ1) is 10.0. The number of hydrogen-bond acceptors (Lipinski definition) is 2. The smallest absolute Gasteiger partial charge is 0.137 e. The van der Waals surface area contributed by atoms with E-state index in [-0.39, 0.29) is 5.82 Å². The molecule has 0 radical (unpaired) electrons. The molecule has 0 bridgehead atoms. The second kappa shape index (κ2) is 7.05. The minimum atomic E-state index is -0.272. The van der Waals surface area contributed by atoms with E-state index in [1.165, 1.54) is 11.6 Å². The van der Waals surface area contributed by atoms with Gasteiger partial charge in [0.2, 0.25) is 0 Å². The summed E-state index contributed by atoms with van der Waals surface area (Å²) in [4.78, 5) is 0. The number of ether oxygens (including phenoxy) is 1. The average Bonchev–Trinajstić information content (AvgIpc) is 2.49. The van der Waals surface area contributed by atoms with Crippen molar-refractivity contribution in [1.82, 2.24) is 5.32 Å². The normalized spacial score (nSPS) is 12.2. The third kappa shape index (κ3) is 3.83. The Balaban J connectivity index is 2.12. The van der Waals surface area contributed by atoms with Crippen molar-refractivity contribution in [2.45, 2.75) is 26.5 Å². The zero-order chi connectivity index (χ0) is 15.4. The second-order valence-corrected chi connectivity index (χ2v) is 5.83. The zero-order valence-corrected chi connectivity index (χ0v) is 14.0. The van der Waals surface area contributed by atoms with Crippen molar-refractivity contribution in [1.29, 1.82) is 0 Å². The maximum Gasteiger partial charge on any atom is 0.137 e. The number of rotatable bonds is 5. The van der Waals surface area contributed by atoms with Crippen LogP contribution in [0.3, 0.4) is 0 Å². The minimum Gasteiger partial charge on any atom is -0.489 e. The fourth-order valence-electron chi connectivity index (χ4n) is 2.09. The summed E-state index contributed by atoms with van der Waals surface area (Å²) < 4.78 is 19.7. The molecule has 2 aromatic rings. The van der Waals surface area contributed by atoms with Crippen molar-refractivity contribution >= 4 is 15.9 Å². The number of hydrogen-bond donors (Lipinski definition) is 1. The van der Waals surface area contributed by atoms with E-state index in [0.717, 1.165) is 16.9 Å². The van der Waals surface area contributed by atoms with Gasteiger partial charge in [0.1, 0.15) is 18.2 Å².